The van der Waals surface area contributed by atoms with E-state index < -0.39 is 0 Å². The van der Waals surface area contributed by atoms with Crippen LogP contribution in [0.2, 0.25) is 0 Å². The number of rotatable bonds is 1. The minimum atomic E-state index is -0.288. The van der Waals surface area contributed by atoms with Gasteiger partial charge < -0.3 is 14.5 Å². The molecule has 2 aromatic heterocycles. The van der Waals surface area contributed by atoms with E-state index in [1.807, 2.05) is 6.07 Å². The number of methoxy groups -OCH3 is 1. The molecule has 0 fully saturated rings. The second-order valence-electron chi connectivity index (χ2n) is 7.25. The van der Waals surface area contributed by atoms with Crippen molar-refractivity contribution in [2.24, 2.45) is 11.8 Å². The first-order valence-corrected chi connectivity index (χ1v) is 9.03. The molecule has 1 N–H and O–H groups in total. The fourth-order valence-electron chi connectivity index (χ4n) is 4.57. The Morgan fingerprint density at radius 1 is 1.26 bits per heavy atom. The zero-order valence-electron chi connectivity index (χ0n) is 15.6. The number of benzene rings is 1. The topological polar surface area (TPSA) is 55.2 Å². The van der Waals surface area contributed by atoms with Gasteiger partial charge in [-0.3, -0.25) is 0 Å². The van der Waals surface area contributed by atoms with Gasteiger partial charge in [0, 0.05) is 34.7 Å². The minimum Gasteiger partial charge on any atom is -0.497 e. The molecule has 5 nitrogen and oxygen atoms in total. The van der Waals surface area contributed by atoms with Gasteiger partial charge in [-0.1, -0.05) is 18.2 Å². The number of aromatic amines is 1. The van der Waals surface area contributed by atoms with Crippen LogP contribution in [0.15, 0.2) is 48.4 Å². The second kappa shape index (κ2) is 6.84. The summed E-state index contributed by atoms with van der Waals surface area (Å²) in [5.41, 5.74) is 4.19. The van der Waals surface area contributed by atoms with Crippen LogP contribution in [0.3, 0.4) is 0 Å². The number of para-hydroxylation sites is 1. The molecule has 3 aromatic rings. The quantitative estimate of drug-likeness (QED) is 0.405. The molecule has 2 aliphatic rings. The molecule has 0 amide bonds. The number of carbonyl (C=O) groups is 1. The van der Waals surface area contributed by atoms with Crippen LogP contribution >= 0.6 is 0 Å². The third-order valence-electron chi connectivity index (χ3n) is 5.97. The molecule has 1 aromatic carbocycles. The van der Waals surface area contributed by atoms with Crippen molar-refractivity contribution in [2.45, 2.75) is 26.0 Å². The van der Waals surface area contributed by atoms with E-state index in [9.17, 15) is 4.79 Å². The van der Waals surface area contributed by atoms with Gasteiger partial charge in [0.05, 0.1) is 24.9 Å². The number of nitrogens with one attached hydrogen (secondary N) is 1. The number of ether oxygens (including phenoxy) is 2. The number of fused-ring (bicyclic) bond motifs is 6. The molecule has 0 saturated carbocycles. The third kappa shape index (κ3) is 2.73. The maximum Gasteiger partial charge on any atom is 2.00 e. The summed E-state index contributed by atoms with van der Waals surface area (Å²) in [6.45, 7) is 2.91. The predicted molar refractivity (Wildman–Crippen MR) is 103 cm³/mol. The SMILES string of the molecule is COC(=O)C1=CO[C@@H](C)[C@H]2C[n+]3ccc4c([nH]c5ccccc54)c3C[C@H]12.[Mg+2]. The van der Waals surface area contributed by atoms with E-state index in [2.05, 4.69) is 46.9 Å². The minimum absolute atomic E-state index is 0. The molecular formula is C21H21MgN2O3+3. The summed E-state index contributed by atoms with van der Waals surface area (Å²) in [5, 5.41) is 2.46. The number of carbonyl (C=O) groups excluding carboxylic acids is 1. The van der Waals surface area contributed by atoms with E-state index in [0.717, 1.165) is 24.0 Å². The molecule has 4 heterocycles. The van der Waals surface area contributed by atoms with Crippen molar-refractivity contribution in [2.75, 3.05) is 7.11 Å². The van der Waals surface area contributed by atoms with Gasteiger partial charge >= 0.3 is 29.0 Å². The number of esters is 1. The molecular weight excluding hydrogens is 353 g/mol. The summed E-state index contributed by atoms with van der Waals surface area (Å²) in [6, 6.07) is 10.5. The summed E-state index contributed by atoms with van der Waals surface area (Å²) in [4.78, 5) is 15.8. The van der Waals surface area contributed by atoms with Crippen LogP contribution in [0.5, 0.6) is 0 Å². The Balaban J connectivity index is 0.00000180. The normalized spacial score (nSPS) is 23.6. The molecule has 2 aliphatic heterocycles. The monoisotopic (exact) mass is 373 g/mol. The predicted octanol–water partition coefficient (Wildman–Crippen LogP) is 2.49. The van der Waals surface area contributed by atoms with Gasteiger partial charge in [-0.2, -0.15) is 0 Å². The molecule has 27 heavy (non-hydrogen) atoms. The fourth-order valence-corrected chi connectivity index (χ4v) is 4.57. The fraction of sp³-hybridized carbons (Fsp3) is 0.333. The van der Waals surface area contributed by atoms with Gasteiger partial charge in [-0.15, -0.1) is 0 Å². The smallest absolute Gasteiger partial charge is 0.497 e. The number of H-pyrrole nitrogens is 1. The van der Waals surface area contributed by atoms with E-state index in [1.165, 1.54) is 23.6 Å². The molecule has 0 radical (unpaired) electrons. The van der Waals surface area contributed by atoms with Crippen molar-refractivity contribution >= 4 is 50.8 Å². The number of nitrogens with zero attached hydrogens (tertiary/aromatic N) is 1. The molecule has 0 aliphatic carbocycles. The first-order chi connectivity index (χ1) is 12.7. The van der Waals surface area contributed by atoms with E-state index in [0.29, 0.717) is 5.57 Å². The van der Waals surface area contributed by atoms with Crippen molar-refractivity contribution < 1.29 is 18.8 Å². The molecule has 0 unspecified atom stereocenters. The van der Waals surface area contributed by atoms with Gasteiger partial charge in [0.1, 0.15) is 11.6 Å². The first kappa shape index (κ1) is 18.3. The van der Waals surface area contributed by atoms with Crippen LogP contribution in [-0.2, 0) is 27.2 Å². The number of hydrogen-bond acceptors (Lipinski definition) is 3. The van der Waals surface area contributed by atoms with Crippen LogP contribution in [0, 0.1) is 11.8 Å². The summed E-state index contributed by atoms with van der Waals surface area (Å²) in [5.74, 6) is 0.0841. The molecule has 0 bridgehead atoms. The van der Waals surface area contributed by atoms with E-state index >= 15 is 0 Å². The zero-order chi connectivity index (χ0) is 17.8. The van der Waals surface area contributed by atoms with Crippen molar-refractivity contribution in [3.63, 3.8) is 0 Å². The van der Waals surface area contributed by atoms with Crippen molar-refractivity contribution in [3.8, 4) is 0 Å². The van der Waals surface area contributed by atoms with Crippen LogP contribution in [0.25, 0.3) is 21.8 Å². The Hall–Kier alpha value is -2.05. The van der Waals surface area contributed by atoms with Crippen molar-refractivity contribution in [1.29, 1.82) is 0 Å². The van der Waals surface area contributed by atoms with Crippen LogP contribution in [0.1, 0.15) is 12.6 Å². The molecule has 132 valence electrons. The maximum atomic E-state index is 12.3. The van der Waals surface area contributed by atoms with Crippen LogP contribution in [0.4, 0.5) is 0 Å². The van der Waals surface area contributed by atoms with E-state index in [-0.39, 0.29) is 47.0 Å². The first-order valence-electron chi connectivity index (χ1n) is 9.03. The number of pyridine rings is 1. The van der Waals surface area contributed by atoms with E-state index in [1.54, 1.807) is 6.26 Å². The third-order valence-corrected chi connectivity index (χ3v) is 5.97. The second-order valence-corrected chi connectivity index (χ2v) is 7.25. The van der Waals surface area contributed by atoms with E-state index in [4.69, 9.17) is 9.47 Å². The number of hydrogen-bond donors (Lipinski definition) is 1. The summed E-state index contributed by atoms with van der Waals surface area (Å²) >= 11 is 0. The number of aromatic nitrogens is 2. The summed E-state index contributed by atoms with van der Waals surface area (Å²) < 4.78 is 13.0. The Morgan fingerprint density at radius 3 is 2.89 bits per heavy atom. The summed E-state index contributed by atoms with van der Waals surface area (Å²) in [6.07, 6.45) is 4.64. The van der Waals surface area contributed by atoms with Crippen molar-refractivity contribution in [3.05, 3.63) is 54.1 Å². The van der Waals surface area contributed by atoms with Gasteiger partial charge in [0.25, 0.3) is 0 Å². The van der Waals surface area contributed by atoms with Gasteiger partial charge in [-0.25, -0.2) is 9.36 Å². The molecule has 0 saturated heterocycles. The molecule has 5 rings (SSSR count). The van der Waals surface area contributed by atoms with Gasteiger partial charge in [0.15, 0.2) is 12.7 Å². The Labute approximate surface area is 173 Å². The zero-order valence-corrected chi connectivity index (χ0v) is 17.0. The average molecular weight is 374 g/mol. The summed E-state index contributed by atoms with van der Waals surface area (Å²) in [7, 11) is 1.43. The Bertz CT molecular complexity index is 1070. The van der Waals surface area contributed by atoms with Crippen LogP contribution < -0.4 is 4.57 Å². The molecule has 3 atom stereocenters. The Morgan fingerprint density at radius 2 is 2.07 bits per heavy atom. The van der Waals surface area contributed by atoms with Crippen LogP contribution in [-0.4, -0.2) is 47.2 Å². The van der Waals surface area contributed by atoms with Crippen molar-refractivity contribution in [1.82, 2.24) is 4.98 Å². The van der Waals surface area contributed by atoms with Gasteiger partial charge in [0.2, 0.25) is 5.69 Å². The Kier molecular flexibility index (Phi) is 4.64. The maximum absolute atomic E-state index is 12.3. The standard InChI is InChI=1S/C21H20N2O3.Mg/c1-12-16-10-23-8-7-14-13-5-3-4-6-18(13)22-20(14)19(23)9-15(16)17(11-26-12)21(24)25-2;/h3-8,11-12,15-16H,9-10H2,1-2H3;/q;+2/p+1/t12-,15-,16+;/m0./s1. The molecule has 0 spiro atoms. The van der Waals surface area contributed by atoms with Gasteiger partial charge in [-0.05, 0) is 13.0 Å². The largest absolute Gasteiger partial charge is 2.00 e. The molecule has 6 heteroatoms. The average Bonchev–Trinajstić information content (AvgIpc) is 3.06.